The molecule has 1 aliphatic rings. The number of hydrazine groups is 1. The summed E-state index contributed by atoms with van der Waals surface area (Å²) in [5.74, 6) is -2.75. The lowest BCUT2D eigenvalue weighted by Crippen LogP contribution is -2.34. The van der Waals surface area contributed by atoms with Gasteiger partial charge in [-0.05, 0) is 49.4 Å². The minimum absolute atomic E-state index is 0.0135. The third-order valence-corrected chi connectivity index (χ3v) is 4.38. The van der Waals surface area contributed by atoms with E-state index in [1.165, 1.54) is 42.0 Å². The van der Waals surface area contributed by atoms with Crippen molar-refractivity contribution in [2.45, 2.75) is 19.8 Å². The zero-order chi connectivity index (χ0) is 17.8. The molecule has 0 spiro atoms. The van der Waals surface area contributed by atoms with Gasteiger partial charge in [-0.15, -0.1) is 0 Å². The van der Waals surface area contributed by atoms with E-state index in [1.54, 1.807) is 6.07 Å². The molecular formula is C17H16F2N4OS. The molecular weight excluding hydrogens is 346 g/mol. The van der Waals surface area contributed by atoms with Crippen molar-refractivity contribution in [3.63, 3.8) is 0 Å². The van der Waals surface area contributed by atoms with Gasteiger partial charge < -0.3 is 0 Å². The lowest BCUT2D eigenvalue weighted by molar-refractivity contribution is 0.0938. The Labute approximate surface area is 147 Å². The first-order valence-corrected chi connectivity index (χ1v) is 8.47. The number of halogens is 2. The molecule has 1 amide bonds. The third-order valence-electron chi connectivity index (χ3n) is 3.64. The predicted molar refractivity (Wildman–Crippen MR) is 92.9 cm³/mol. The minimum atomic E-state index is -0.965. The highest BCUT2D eigenvalue weighted by molar-refractivity contribution is 8.01. The van der Waals surface area contributed by atoms with Crippen molar-refractivity contribution in [1.82, 2.24) is 20.0 Å². The predicted octanol–water partition coefficient (Wildman–Crippen LogP) is 3.58. The Hall–Kier alpha value is -2.45. The number of nitrogens with one attached hydrogen (secondary N) is 2. The van der Waals surface area contributed by atoms with Gasteiger partial charge in [0.05, 0.1) is 0 Å². The van der Waals surface area contributed by atoms with E-state index in [1.807, 2.05) is 18.2 Å². The van der Waals surface area contributed by atoms with Gasteiger partial charge in [-0.25, -0.2) is 13.5 Å². The quantitative estimate of drug-likeness (QED) is 0.631. The van der Waals surface area contributed by atoms with E-state index < -0.39 is 23.1 Å². The smallest absolute Gasteiger partial charge is 0.272 e. The van der Waals surface area contributed by atoms with Crippen LogP contribution in [0.5, 0.6) is 0 Å². The van der Waals surface area contributed by atoms with E-state index in [0.717, 1.165) is 17.7 Å². The Kier molecular flexibility index (Phi) is 5.30. The van der Waals surface area contributed by atoms with Crippen LogP contribution >= 0.6 is 11.9 Å². The minimum Gasteiger partial charge on any atom is -0.277 e. The van der Waals surface area contributed by atoms with Crippen LogP contribution in [0.25, 0.3) is 5.69 Å². The first-order valence-electron chi connectivity index (χ1n) is 7.65. The monoisotopic (exact) mass is 362 g/mol. The molecule has 0 radical (unpaired) electrons. The molecule has 1 aliphatic carbocycles. The van der Waals surface area contributed by atoms with Crippen molar-refractivity contribution < 1.29 is 13.6 Å². The molecule has 1 heterocycles. The van der Waals surface area contributed by atoms with Crippen LogP contribution in [0.3, 0.4) is 0 Å². The third kappa shape index (κ3) is 3.80. The summed E-state index contributed by atoms with van der Waals surface area (Å²) in [4.78, 5) is 15.8. The fourth-order valence-corrected chi connectivity index (χ4v) is 3.02. The van der Waals surface area contributed by atoms with E-state index >= 15 is 0 Å². The van der Waals surface area contributed by atoms with Crippen molar-refractivity contribution >= 4 is 17.9 Å². The molecule has 0 atom stereocenters. The normalized spacial score (nSPS) is 13.6. The Bertz CT molecular complexity index is 847. The van der Waals surface area contributed by atoms with Crippen molar-refractivity contribution in [2.24, 2.45) is 0 Å². The summed E-state index contributed by atoms with van der Waals surface area (Å²) >= 11 is 1.17. The van der Waals surface area contributed by atoms with Crippen molar-refractivity contribution in [3.05, 3.63) is 70.4 Å². The van der Waals surface area contributed by atoms with Gasteiger partial charge in [-0.2, -0.15) is 9.93 Å². The fourth-order valence-electron chi connectivity index (χ4n) is 2.39. The van der Waals surface area contributed by atoms with Crippen LogP contribution in [0, 0.1) is 18.6 Å². The standard InChI is InChI=1S/C17H16F2N4OS/c1-11-10-13(23-9-5-8-20-23)16(19)14(15(11)18)17(24)21-22-25-12-6-3-2-4-7-12/h3,5-10,22H,2,4H2,1H3,(H,21,24). The van der Waals surface area contributed by atoms with Gasteiger partial charge in [0, 0.05) is 17.3 Å². The molecule has 25 heavy (non-hydrogen) atoms. The van der Waals surface area contributed by atoms with Crippen LogP contribution in [0.15, 0.2) is 47.7 Å². The number of hydrogen-bond acceptors (Lipinski definition) is 4. The molecule has 0 unspecified atom stereocenters. The topological polar surface area (TPSA) is 59.0 Å². The Morgan fingerprint density at radius 1 is 1.32 bits per heavy atom. The van der Waals surface area contributed by atoms with Crippen LogP contribution in [-0.2, 0) is 0 Å². The van der Waals surface area contributed by atoms with Crippen LogP contribution in [0.2, 0.25) is 0 Å². The molecule has 0 saturated carbocycles. The van der Waals surface area contributed by atoms with Gasteiger partial charge in [0.2, 0.25) is 0 Å². The van der Waals surface area contributed by atoms with Crippen molar-refractivity contribution in [1.29, 1.82) is 0 Å². The first kappa shape index (κ1) is 17.4. The Morgan fingerprint density at radius 2 is 2.16 bits per heavy atom. The number of aryl methyl sites for hydroxylation is 1. The largest absolute Gasteiger partial charge is 0.277 e. The van der Waals surface area contributed by atoms with Crippen LogP contribution < -0.4 is 10.3 Å². The second-order valence-electron chi connectivity index (χ2n) is 5.41. The zero-order valence-electron chi connectivity index (χ0n) is 13.4. The van der Waals surface area contributed by atoms with Crippen LogP contribution in [0.1, 0.15) is 28.8 Å². The molecule has 2 N–H and O–H groups in total. The summed E-state index contributed by atoms with van der Waals surface area (Å²) in [5, 5.41) is 3.93. The average Bonchev–Trinajstić information content (AvgIpc) is 3.13. The summed E-state index contributed by atoms with van der Waals surface area (Å²) in [6, 6.07) is 2.93. The molecule has 2 aromatic rings. The molecule has 8 heteroatoms. The number of allylic oxidation sites excluding steroid dienone is 3. The molecule has 3 rings (SSSR count). The lowest BCUT2D eigenvalue weighted by atomic mass is 10.1. The second kappa shape index (κ2) is 7.62. The first-order chi connectivity index (χ1) is 12.1. The number of carbonyl (C=O) groups is 1. The molecule has 0 saturated heterocycles. The second-order valence-corrected chi connectivity index (χ2v) is 6.29. The molecule has 1 aromatic carbocycles. The summed E-state index contributed by atoms with van der Waals surface area (Å²) in [6.07, 6.45) is 10.8. The van der Waals surface area contributed by atoms with Gasteiger partial charge in [0.25, 0.3) is 5.91 Å². The van der Waals surface area contributed by atoms with E-state index in [9.17, 15) is 13.6 Å². The van der Waals surface area contributed by atoms with E-state index in [0.29, 0.717) is 0 Å². The molecule has 0 bridgehead atoms. The van der Waals surface area contributed by atoms with Crippen molar-refractivity contribution in [3.8, 4) is 5.69 Å². The Balaban J connectivity index is 1.79. The number of nitrogens with zero attached hydrogens (tertiary/aromatic N) is 2. The maximum absolute atomic E-state index is 14.7. The molecule has 0 fully saturated rings. The van der Waals surface area contributed by atoms with Gasteiger partial charge >= 0.3 is 0 Å². The number of benzene rings is 1. The summed E-state index contributed by atoms with van der Waals surface area (Å²) in [7, 11) is 0. The zero-order valence-corrected chi connectivity index (χ0v) is 14.2. The van der Waals surface area contributed by atoms with Gasteiger partial charge in [-0.1, -0.05) is 18.2 Å². The van der Waals surface area contributed by atoms with Crippen molar-refractivity contribution in [2.75, 3.05) is 0 Å². The number of carbonyl (C=O) groups excluding carboxylic acids is 1. The van der Waals surface area contributed by atoms with E-state index in [4.69, 9.17) is 0 Å². The number of amides is 1. The molecule has 5 nitrogen and oxygen atoms in total. The SMILES string of the molecule is Cc1cc(-n2cccn2)c(F)c(C(=O)NNSC2=CCCC=C2)c1F. The number of hydrogen-bond donors (Lipinski definition) is 2. The highest BCUT2D eigenvalue weighted by Gasteiger charge is 2.23. The summed E-state index contributed by atoms with van der Waals surface area (Å²) in [5.41, 5.74) is 1.84. The van der Waals surface area contributed by atoms with Crippen LogP contribution in [0.4, 0.5) is 8.78 Å². The maximum Gasteiger partial charge on any atom is 0.272 e. The number of rotatable bonds is 5. The van der Waals surface area contributed by atoms with Gasteiger partial charge in [0.1, 0.15) is 17.1 Å². The number of aromatic nitrogens is 2. The van der Waals surface area contributed by atoms with Gasteiger partial charge in [-0.3, -0.25) is 10.2 Å². The lowest BCUT2D eigenvalue weighted by Gasteiger charge is -2.13. The summed E-state index contributed by atoms with van der Waals surface area (Å²) in [6.45, 7) is 1.47. The van der Waals surface area contributed by atoms with Gasteiger partial charge in [0.15, 0.2) is 5.82 Å². The molecule has 130 valence electrons. The maximum atomic E-state index is 14.7. The highest BCUT2D eigenvalue weighted by atomic mass is 32.2. The average molecular weight is 362 g/mol. The van der Waals surface area contributed by atoms with Crippen LogP contribution in [-0.4, -0.2) is 15.7 Å². The summed E-state index contributed by atoms with van der Waals surface area (Å²) < 4.78 is 30.3. The van der Waals surface area contributed by atoms with E-state index in [2.05, 4.69) is 15.4 Å². The Morgan fingerprint density at radius 3 is 2.84 bits per heavy atom. The fraction of sp³-hybridized carbons (Fsp3) is 0.176. The van der Waals surface area contributed by atoms with E-state index in [-0.39, 0.29) is 11.3 Å². The highest BCUT2D eigenvalue weighted by Crippen LogP contribution is 2.24. The molecule has 0 aliphatic heterocycles. The molecule has 1 aromatic heterocycles.